The van der Waals surface area contributed by atoms with Crippen LogP contribution < -0.4 is 5.32 Å². The third-order valence-electron chi connectivity index (χ3n) is 3.06. The van der Waals surface area contributed by atoms with Crippen molar-refractivity contribution in [2.75, 3.05) is 20.1 Å². The molecule has 1 amide bonds. The standard InChI is InChI=1S/C12H14F2N2O/c1-16(9-4-5-15-7-9)12(17)10-3-2-8(13)6-11(10)14/h2-3,6,9,15H,4-5,7H2,1H3/t9-/m0/s1. The lowest BCUT2D eigenvalue weighted by atomic mass is 10.1. The molecule has 1 saturated heterocycles. The largest absolute Gasteiger partial charge is 0.337 e. The molecule has 0 aliphatic carbocycles. The van der Waals surface area contributed by atoms with Crippen LogP contribution in [0.25, 0.3) is 0 Å². The van der Waals surface area contributed by atoms with Crippen molar-refractivity contribution >= 4 is 5.91 Å². The topological polar surface area (TPSA) is 32.3 Å². The van der Waals surface area contributed by atoms with Gasteiger partial charge in [-0.3, -0.25) is 4.79 Å². The van der Waals surface area contributed by atoms with Crippen LogP contribution in [0.2, 0.25) is 0 Å². The summed E-state index contributed by atoms with van der Waals surface area (Å²) in [6.45, 7) is 1.57. The molecule has 1 N–H and O–H groups in total. The van der Waals surface area contributed by atoms with Crippen LogP contribution in [-0.4, -0.2) is 37.0 Å². The minimum Gasteiger partial charge on any atom is -0.337 e. The van der Waals surface area contributed by atoms with Crippen molar-refractivity contribution < 1.29 is 13.6 Å². The van der Waals surface area contributed by atoms with E-state index in [1.165, 1.54) is 11.0 Å². The Bertz CT molecular complexity index is 431. The molecule has 92 valence electrons. The van der Waals surface area contributed by atoms with E-state index >= 15 is 0 Å². The number of likely N-dealkylation sites (N-methyl/N-ethyl adjacent to an activating group) is 1. The zero-order valence-electron chi connectivity index (χ0n) is 9.54. The van der Waals surface area contributed by atoms with E-state index in [2.05, 4.69) is 5.32 Å². The van der Waals surface area contributed by atoms with Gasteiger partial charge in [-0.2, -0.15) is 0 Å². The first-order chi connectivity index (χ1) is 8.09. The summed E-state index contributed by atoms with van der Waals surface area (Å²) in [4.78, 5) is 13.5. The van der Waals surface area contributed by atoms with Crippen LogP contribution in [0, 0.1) is 11.6 Å². The van der Waals surface area contributed by atoms with Crippen LogP contribution in [-0.2, 0) is 0 Å². The molecule has 1 fully saturated rings. The summed E-state index contributed by atoms with van der Waals surface area (Å²) >= 11 is 0. The van der Waals surface area contributed by atoms with E-state index in [4.69, 9.17) is 0 Å². The first kappa shape index (κ1) is 12.0. The summed E-state index contributed by atoms with van der Waals surface area (Å²) in [7, 11) is 1.64. The SMILES string of the molecule is CN(C(=O)c1ccc(F)cc1F)[C@H]1CCNC1. The molecular formula is C12H14F2N2O. The number of benzene rings is 1. The molecule has 1 aliphatic rings. The Hall–Kier alpha value is -1.49. The fraction of sp³-hybridized carbons (Fsp3) is 0.417. The van der Waals surface area contributed by atoms with E-state index in [0.717, 1.165) is 25.1 Å². The highest BCUT2D eigenvalue weighted by atomic mass is 19.1. The molecule has 1 aliphatic heterocycles. The molecule has 0 aromatic heterocycles. The Morgan fingerprint density at radius 3 is 2.82 bits per heavy atom. The van der Waals surface area contributed by atoms with E-state index in [9.17, 15) is 13.6 Å². The number of carbonyl (C=O) groups is 1. The van der Waals surface area contributed by atoms with Gasteiger partial charge in [0, 0.05) is 25.7 Å². The molecule has 0 spiro atoms. The maximum absolute atomic E-state index is 13.4. The van der Waals surface area contributed by atoms with E-state index < -0.39 is 17.5 Å². The van der Waals surface area contributed by atoms with Gasteiger partial charge in [-0.1, -0.05) is 0 Å². The molecule has 1 heterocycles. The third-order valence-corrected chi connectivity index (χ3v) is 3.06. The second-order valence-corrected chi connectivity index (χ2v) is 4.19. The van der Waals surface area contributed by atoms with Crippen molar-refractivity contribution in [3.05, 3.63) is 35.4 Å². The molecule has 0 saturated carbocycles. The van der Waals surface area contributed by atoms with Crippen LogP contribution in [0.4, 0.5) is 8.78 Å². The van der Waals surface area contributed by atoms with Gasteiger partial charge in [-0.05, 0) is 25.1 Å². The van der Waals surface area contributed by atoms with Crippen molar-refractivity contribution in [3.63, 3.8) is 0 Å². The number of amides is 1. The van der Waals surface area contributed by atoms with Gasteiger partial charge >= 0.3 is 0 Å². The fourth-order valence-electron chi connectivity index (χ4n) is 1.99. The molecular weight excluding hydrogens is 226 g/mol. The zero-order chi connectivity index (χ0) is 12.4. The van der Waals surface area contributed by atoms with Gasteiger partial charge in [0.05, 0.1) is 5.56 Å². The first-order valence-corrected chi connectivity index (χ1v) is 5.52. The number of rotatable bonds is 2. The van der Waals surface area contributed by atoms with Crippen LogP contribution in [0.15, 0.2) is 18.2 Å². The summed E-state index contributed by atoms with van der Waals surface area (Å²) < 4.78 is 26.2. The summed E-state index contributed by atoms with van der Waals surface area (Å²) in [5, 5.41) is 3.14. The van der Waals surface area contributed by atoms with Crippen molar-refractivity contribution in [2.45, 2.75) is 12.5 Å². The van der Waals surface area contributed by atoms with Crippen molar-refractivity contribution in [1.29, 1.82) is 0 Å². The average molecular weight is 240 g/mol. The van der Waals surface area contributed by atoms with Gasteiger partial charge < -0.3 is 10.2 Å². The molecule has 1 atom stereocenters. The molecule has 1 aromatic carbocycles. The van der Waals surface area contributed by atoms with Gasteiger partial charge in [0.2, 0.25) is 0 Å². The highest BCUT2D eigenvalue weighted by Gasteiger charge is 2.25. The first-order valence-electron chi connectivity index (χ1n) is 5.52. The lowest BCUT2D eigenvalue weighted by Crippen LogP contribution is -2.38. The van der Waals surface area contributed by atoms with Crippen LogP contribution in [0.1, 0.15) is 16.8 Å². The van der Waals surface area contributed by atoms with E-state index in [-0.39, 0.29) is 11.6 Å². The van der Waals surface area contributed by atoms with Crippen LogP contribution in [0.3, 0.4) is 0 Å². The van der Waals surface area contributed by atoms with Gasteiger partial charge in [-0.15, -0.1) is 0 Å². The number of nitrogens with zero attached hydrogens (tertiary/aromatic N) is 1. The second-order valence-electron chi connectivity index (χ2n) is 4.19. The Morgan fingerprint density at radius 1 is 1.47 bits per heavy atom. The number of carbonyl (C=O) groups excluding carboxylic acids is 1. The quantitative estimate of drug-likeness (QED) is 0.847. The van der Waals surface area contributed by atoms with Crippen LogP contribution in [0.5, 0.6) is 0 Å². The lowest BCUT2D eigenvalue weighted by molar-refractivity contribution is 0.0739. The summed E-state index contributed by atoms with van der Waals surface area (Å²) in [6.07, 6.45) is 0.852. The number of halogens is 2. The average Bonchev–Trinajstić information content (AvgIpc) is 2.80. The predicted molar refractivity (Wildman–Crippen MR) is 59.7 cm³/mol. The number of nitrogens with one attached hydrogen (secondary N) is 1. The highest BCUT2D eigenvalue weighted by molar-refractivity contribution is 5.94. The van der Waals surface area contributed by atoms with Crippen molar-refractivity contribution in [2.24, 2.45) is 0 Å². The molecule has 5 heteroatoms. The van der Waals surface area contributed by atoms with Gasteiger partial charge in [0.15, 0.2) is 0 Å². The maximum atomic E-state index is 13.4. The Labute approximate surface area is 98.4 Å². The third kappa shape index (κ3) is 2.44. The molecule has 17 heavy (non-hydrogen) atoms. The van der Waals surface area contributed by atoms with E-state index in [0.29, 0.717) is 6.54 Å². The Morgan fingerprint density at radius 2 is 2.24 bits per heavy atom. The summed E-state index contributed by atoms with van der Waals surface area (Å²) in [6, 6.07) is 3.09. The van der Waals surface area contributed by atoms with E-state index in [1.54, 1.807) is 7.05 Å². The summed E-state index contributed by atoms with van der Waals surface area (Å²) in [5.74, 6) is -1.90. The molecule has 0 unspecified atom stereocenters. The molecule has 0 radical (unpaired) electrons. The Kier molecular flexibility index (Phi) is 3.38. The number of hydrogen-bond acceptors (Lipinski definition) is 2. The predicted octanol–water partition coefficient (Wildman–Crippen LogP) is 1.40. The molecule has 1 aromatic rings. The summed E-state index contributed by atoms with van der Waals surface area (Å²) in [5.41, 5.74) is -0.0826. The van der Waals surface area contributed by atoms with Gasteiger partial charge in [0.25, 0.3) is 5.91 Å². The normalized spacial score (nSPS) is 19.4. The highest BCUT2D eigenvalue weighted by Crippen LogP contribution is 2.15. The lowest BCUT2D eigenvalue weighted by Gasteiger charge is -2.23. The monoisotopic (exact) mass is 240 g/mol. The van der Waals surface area contributed by atoms with E-state index in [1.807, 2.05) is 0 Å². The molecule has 0 bridgehead atoms. The van der Waals surface area contributed by atoms with Gasteiger partial charge in [0.1, 0.15) is 11.6 Å². The maximum Gasteiger partial charge on any atom is 0.256 e. The number of hydrogen-bond donors (Lipinski definition) is 1. The molecule has 2 rings (SSSR count). The Balaban J connectivity index is 2.18. The second kappa shape index (κ2) is 4.79. The van der Waals surface area contributed by atoms with Crippen LogP contribution >= 0.6 is 0 Å². The smallest absolute Gasteiger partial charge is 0.256 e. The van der Waals surface area contributed by atoms with Crippen molar-refractivity contribution in [1.82, 2.24) is 10.2 Å². The van der Waals surface area contributed by atoms with Gasteiger partial charge in [-0.25, -0.2) is 8.78 Å². The fourth-order valence-corrected chi connectivity index (χ4v) is 1.99. The minimum absolute atomic E-state index is 0.0759. The zero-order valence-corrected chi connectivity index (χ0v) is 9.54. The minimum atomic E-state index is -0.812. The van der Waals surface area contributed by atoms with Crippen molar-refractivity contribution in [3.8, 4) is 0 Å². The molecule has 3 nitrogen and oxygen atoms in total.